The zero-order valence-electron chi connectivity index (χ0n) is 8.35. The first-order valence-electron chi connectivity index (χ1n) is 4.74. The summed E-state index contributed by atoms with van der Waals surface area (Å²) in [4.78, 5) is 11.6. The number of nitrogens with zero attached hydrogens (tertiary/aromatic N) is 2. The first kappa shape index (κ1) is 10.4. The standard InChI is InChI=1S/C11H10N2O3/c14-11-3-1-2-8-12(11)9-4-6-10(7-5-9)13(15)16/h1-8,11,14H. The fourth-order valence-electron chi connectivity index (χ4n) is 1.47. The van der Waals surface area contributed by atoms with Crippen molar-refractivity contribution in [1.82, 2.24) is 0 Å². The quantitative estimate of drug-likeness (QED) is 0.607. The number of aliphatic hydroxyl groups excluding tert-OH is 1. The number of nitro groups is 1. The van der Waals surface area contributed by atoms with Crippen LogP contribution in [0.1, 0.15) is 0 Å². The molecule has 2 rings (SSSR count). The molecule has 1 aliphatic rings. The van der Waals surface area contributed by atoms with Gasteiger partial charge in [-0.25, -0.2) is 0 Å². The van der Waals surface area contributed by atoms with Gasteiger partial charge in [-0.15, -0.1) is 0 Å². The van der Waals surface area contributed by atoms with Crippen LogP contribution >= 0.6 is 0 Å². The van der Waals surface area contributed by atoms with Gasteiger partial charge in [-0.3, -0.25) is 10.1 Å². The van der Waals surface area contributed by atoms with E-state index in [0.29, 0.717) is 5.69 Å². The summed E-state index contributed by atoms with van der Waals surface area (Å²) in [6.45, 7) is 0. The van der Waals surface area contributed by atoms with Crippen LogP contribution in [0.5, 0.6) is 0 Å². The number of nitro benzene ring substituents is 1. The molecule has 1 aliphatic heterocycles. The van der Waals surface area contributed by atoms with Crippen LogP contribution in [0.2, 0.25) is 0 Å². The number of non-ortho nitro benzene ring substituents is 1. The molecule has 0 saturated heterocycles. The molecule has 1 unspecified atom stereocenters. The molecule has 0 bridgehead atoms. The lowest BCUT2D eigenvalue weighted by Gasteiger charge is -2.25. The van der Waals surface area contributed by atoms with Crippen molar-refractivity contribution in [2.24, 2.45) is 0 Å². The lowest BCUT2D eigenvalue weighted by Crippen LogP contribution is -2.29. The Labute approximate surface area is 92.1 Å². The summed E-state index contributed by atoms with van der Waals surface area (Å²) in [6.07, 6.45) is 6.14. The van der Waals surface area contributed by atoms with Crippen LogP contribution in [0.25, 0.3) is 0 Å². The lowest BCUT2D eigenvalue weighted by atomic mass is 10.2. The number of allylic oxidation sites excluding steroid dienone is 2. The summed E-state index contributed by atoms with van der Waals surface area (Å²) in [6, 6.07) is 6.03. The average Bonchev–Trinajstić information content (AvgIpc) is 2.30. The van der Waals surface area contributed by atoms with Crippen molar-refractivity contribution in [1.29, 1.82) is 0 Å². The predicted octanol–water partition coefficient (Wildman–Crippen LogP) is 1.80. The summed E-state index contributed by atoms with van der Waals surface area (Å²) >= 11 is 0. The zero-order valence-corrected chi connectivity index (χ0v) is 8.35. The van der Waals surface area contributed by atoms with Gasteiger partial charge in [-0.2, -0.15) is 0 Å². The molecule has 1 atom stereocenters. The van der Waals surface area contributed by atoms with Crippen molar-refractivity contribution < 1.29 is 10.0 Å². The Morgan fingerprint density at radius 2 is 1.94 bits per heavy atom. The van der Waals surface area contributed by atoms with E-state index in [2.05, 4.69) is 0 Å². The highest BCUT2D eigenvalue weighted by Crippen LogP contribution is 2.22. The van der Waals surface area contributed by atoms with Crippen LogP contribution in [0.3, 0.4) is 0 Å². The van der Waals surface area contributed by atoms with Gasteiger partial charge in [-0.1, -0.05) is 6.08 Å². The second-order valence-corrected chi connectivity index (χ2v) is 3.32. The minimum atomic E-state index is -0.730. The molecule has 1 aromatic carbocycles. The maximum absolute atomic E-state index is 10.5. The average molecular weight is 218 g/mol. The summed E-state index contributed by atoms with van der Waals surface area (Å²) in [5, 5.41) is 20.1. The van der Waals surface area contributed by atoms with Crippen LogP contribution in [-0.2, 0) is 0 Å². The van der Waals surface area contributed by atoms with Crippen LogP contribution in [0.15, 0.2) is 48.7 Å². The van der Waals surface area contributed by atoms with Gasteiger partial charge in [-0.05, 0) is 24.3 Å². The highest BCUT2D eigenvalue weighted by atomic mass is 16.6. The number of hydrogen-bond acceptors (Lipinski definition) is 4. The molecular formula is C11H10N2O3. The maximum atomic E-state index is 10.5. The summed E-state index contributed by atoms with van der Waals surface area (Å²) in [5.74, 6) is 0. The molecule has 0 aliphatic carbocycles. The van der Waals surface area contributed by atoms with Crippen LogP contribution < -0.4 is 4.90 Å². The predicted molar refractivity (Wildman–Crippen MR) is 59.9 cm³/mol. The molecular weight excluding hydrogens is 208 g/mol. The third-order valence-corrected chi connectivity index (χ3v) is 2.28. The molecule has 0 spiro atoms. The molecule has 1 N–H and O–H groups in total. The molecule has 5 heteroatoms. The van der Waals surface area contributed by atoms with E-state index in [1.165, 1.54) is 12.1 Å². The fourth-order valence-corrected chi connectivity index (χ4v) is 1.47. The molecule has 0 amide bonds. The van der Waals surface area contributed by atoms with Gasteiger partial charge in [0.05, 0.1) is 4.92 Å². The number of anilines is 1. The first-order valence-corrected chi connectivity index (χ1v) is 4.74. The largest absolute Gasteiger partial charge is 0.370 e. The minimum absolute atomic E-state index is 0.0368. The lowest BCUT2D eigenvalue weighted by molar-refractivity contribution is -0.384. The monoisotopic (exact) mass is 218 g/mol. The summed E-state index contributed by atoms with van der Waals surface area (Å²) < 4.78 is 0. The molecule has 0 radical (unpaired) electrons. The number of rotatable bonds is 2. The molecule has 0 saturated carbocycles. The van der Waals surface area contributed by atoms with E-state index in [9.17, 15) is 15.2 Å². The Hall–Kier alpha value is -2.14. The Morgan fingerprint density at radius 3 is 2.50 bits per heavy atom. The topological polar surface area (TPSA) is 66.6 Å². The van der Waals surface area contributed by atoms with E-state index in [1.807, 2.05) is 0 Å². The Kier molecular flexibility index (Phi) is 2.70. The van der Waals surface area contributed by atoms with Crippen molar-refractivity contribution in [3.05, 3.63) is 58.8 Å². The zero-order chi connectivity index (χ0) is 11.5. The first-order chi connectivity index (χ1) is 7.68. The smallest absolute Gasteiger partial charge is 0.269 e. The Balaban J connectivity index is 2.25. The van der Waals surface area contributed by atoms with E-state index in [1.54, 1.807) is 41.5 Å². The van der Waals surface area contributed by atoms with Gasteiger partial charge in [0.2, 0.25) is 0 Å². The van der Waals surface area contributed by atoms with E-state index >= 15 is 0 Å². The maximum Gasteiger partial charge on any atom is 0.269 e. The van der Waals surface area contributed by atoms with Gasteiger partial charge in [0.1, 0.15) is 6.23 Å². The van der Waals surface area contributed by atoms with Crippen LogP contribution in [0.4, 0.5) is 11.4 Å². The van der Waals surface area contributed by atoms with E-state index in [-0.39, 0.29) is 5.69 Å². The van der Waals surface area contributed by atoms with Gasteiger partial charge in [0, 0.05) is 24.0 Å². The van der Waals surface area contributed by atoms with Crippen molar-refractivity contribution in [2.45, 2.75) is 6.23 Å². The summed E-state index contributed by atoms with van der Waals surface area (Å²) in [7, 11) is 0. The van der Waals surface area contributed by atoms with E-state index < -0.39 is 11.2 Å². The highest BCUT2D eigenvalue weighted by molar-refractivity contribution is 5.55. The summed E-state index contributed by atoms with van der Waals surface area (Å²) in [5.41, 5.74) is 0.744. The molecule has 1 aromatic rings. The van der Waals surface area contributed by atoms with Crippen LogP contribution in [-0.4, -0.2) is 16.3 Å². The normalized spacial score (nSPS) is 18.8. The van der Waals surface area contributed by atoms with Crippen molar-refractivity contribution in [2.75, 3.05) is 4.90 Å². The van der Waals surface area contributed by atoms with Gasteiger partial charge in [0.25, 0.3) is 5.69 Å². The number of hydrogen-bond donors (Lipinski definition) is 1. The molecule has 5 nitrogen and oxygen atoms in total. The minimum Gasteiger partial charge on any atom is -0.370 e. The molecule has 0 fully saturated rings. The molecule has 82 valence electrons. The fraction of sp³-hybridized carbons (Fsp3) is 0.0909. The Bertz CT molecular complexity index is 451. The van der Waals surface area contributed by atoms with Crippen molar-refractivity contribution in [3.8, 4) is 0 Å². The third kappa shape index (κ3) is 1.94. The van der Waals surface area contributed by atoms with Gasteiger partial charge in [0.15, 0.2) is 0 Å². The number of benzene rings is 1. The third-order valence-electron chi connectivity index (χ3n) is 2.28. The van der Waals surface area contributed by atoms with E-state index in [0.717, 1.165) is 0 Å². The van der Waals surface area contributed by atoms with E-state index in [4.69, 9.17) is 0 Å². The molecule has 0 aromatic heterocycles. The van der Waals surface area contributed by atoms with Crippen LogP contribution in [0, 0.1) is 10.1 Å². The number of aliphatic hydroxyl groups is 1. The highest BCUT2D eigenvalue weighted by Gasteiger charge is 2.14. The van der Waals surface area contributed by atoms with Gasteiger partial charge < -0.3 is 10.0 Å². The second-order valence-electron chi connectivity index (χ2n) is 3.32. The molecule has 1 heterocycles. The SMILES string of the molecule is O=[N+]([O-])c1ccc(N2C=CC=CC2O)cc1. The van der Waals surface area contributed by atoms with Gasteiger partial charge >= 0.3 is 0 Å². The van der Waals surface area contributed by atoms with Crippen molar-refractivity contribution >= 4 is 11.4 Å². The second kappa shape index (κ2) is 4.16. The van der Waals surface area contributed by atoms with Crippen molar-refractivity contribution in [3.63, 3.8) is 0 Å². The molecule has 16 heavy (non-hydrogen) atoms. The Morgan fingerprint density at radius 1 is 1.25 bits per heavy atom.